The standard InChI is InChI=1S/C12H12F6O2.C9H12O.C3F6O.H2O4S.H2/c13-11(14,15)10(20,12(16,17)18)5-9(19)8-4-6-1-2-7(8)3-6;1-6(10)9-5-7-2-3-8(9)4-7;4-2(5,6)1(10)3(7,8)9;1-5(2,3)4;/h1-2,6-8,20H,3-5H2;2-3,7-9H,4-5H2,1H3;;(H2,1,2,3,4);1H/i;;;;1+1. The van der Waals surface area contributed by atoms with E-state index in [1.807, 2.05) is 6.08 Å². The molecule has 4 aliphatic carbocycles. The molecule has 4 rings (SSSR count). The number of fused-ring (bicyclic) bond motifs is 4. The first-order valence-corrected chi connectivity index (χ1v) is 13.9. The summed E-state index contributed by atoms with van der Waals surface area (Å²) in [5, 5.41) is 9.00. The Bertz CT molecular complexity index is 1220. The monoisotopic (exact) mass is 705 g/mol. The molecule has 0 amide bonds. The van der Waals surface area contributed by atoms with Crippen molar-refractivity contribution in [3.8, 4) is 0 Å². The van der Waals surface area contributed by atoms with Crippen LogP contribution in [-0.2, 0) is 24.8 Å². The van der Waals surface area contributed by atoms with Gasteiger partial charge in [0.1, 0.15) is 11.6 Å². The number of hydrogen-bond acceptors (Lipinski definition) is 6. The quantitative estimate of drug-likeness (QED) is 0.182. The number of carbonyl (C=O) groups excluding carboxylic acids is 3. The average molecular weight is 706 g/mol. The maximum Gasteiger partial charge on any atom is 0.459 e. The van der Waals surface area contributed by atoms with Gasteiger partial charge in [-0.1, -0.05) is 24.3 Å². The van der Waals surface area contributed by atoms with E-state index in [-0.39, 0.29) is 19.7 Å². The Morgan fingerprint density at radius 3 is 1.20 bits per heavy atom. The summed E-state index contributed by atoms with van der Waals surface area (Å²) in [6.07, 6.45) is -14.3. The third-order valence-electron chi connectivity index (χ3n) is 7.38. The van der Waals surface area contributed by atoms with Crippen LogP contribution in [0.2, 0.25) is 0 Å². The van der Waals surface area contributed by atoms with Gasteiger partial charge in [0.2, 0.25) is 0 Å². The fourth-order valence-electron chi connectivity index (χ4n) is 5.30. The van der Waals surface area contributed by atoms with Crippen molar-refractivity contribution < 1.29 is 91.1 Å². The molecule has 0 saturated heterocycles. The Labute approximate surface area is 248 Å². The molecule has 4 bridgehead atoms. The molecule has 0 aromatic rings. The van der Waals surface area contributed by atoms with Crippen molar-refractivity contribution >= 4 is 27.7 Å². The SMILES string of the molecule is CC(=O)C1CC2C=CC1C2.O=C(C(F)(F)F)C(F)(F)F.O=C(CC(O)(C(F)(F)F)C(F)(F)F)C1CC2C=CC1C2.O=S(=O)(O)O.[2HH]. The van der Waals surface area contributed by atoms with E-state index in [4.69, 9.17) is 22.6 Å². The zero-order valence-corrected chi connectivity index (χ0v) is 23.5. The summed E-state index contributed by atoms with van der Waals surface area (Å²) in [7, 11) is -4.67. The molecule has 2 fully saturated rings. The minimum atomic E-state index is -5.94. The molecular weight excluding hydrogens is 676 g/mol. The molecular formula is C24H28F12O8S. The summed E-state index contributed by atoms with van der Waals surface area (Å²) in [6.45, 7) is 1.72. The predicted molar refractivity (Wildman–Crippen MR) is 128 cm³/mol. The smallest absolute Gasteiger partial charge is 0.373 e. The van der Waals surface area contributed by atoms with E-state index in [1.165, 1.54) is 6.42 Å². The molecule has 0 radical (unpaired) electrons. The van der Waals surface area contributed by atoms with Gasteiger partial charge in [0.15, 0.2) is 0 Å². The Hall–Kier alpha value is -2.52. The number of ketones is 3. The molecule has 262 valence electrons. The van der Waals surface area contributed by atoms with Gasteiger partial charge in [-0.2, -0.15) is 61.1 Å². The molecule has 21 heteroatoms. The maximum absolute atomic E-state index is 12.5. The molecule has 2 saturated carbocycles. The van der Waals surface area contributed by atoms with Gasteiger partial charge in [0.25, 0.3) is 5.60 Å². The van der Waals surface area contributed by atoms with Gasteiger partial charge in [-0.25, -0.2) is 0 Å². The highest BCUT2D eigenvalue weighted by Gasteiger charge is 2.71. The molecule has 6 unspecified atom stereocenters. The van der Waals surface area contributed by atoms with Crippen LogP contribution in [0.4, 0.5) is 52.7 Å². The number of allylic oxidation sites excluding steroid dienone is 4. The van der Waals surface area contributed by atoms with Gasteiger partial charge in [-0.15, -0.1) is 0 Å². The van der Waals surface area contributed by atoms with Gasteiger partial charge in [-0.3, -0.25) is 23.5 Å². The molecule has 45 heavy (non-hydrogen) atoms. The third kappa shape index (κ3) is 11.7. The topological polar surface area (TPSA) is 146 Å². The van der Waals surface area contributed by atoms with Crippen LogP contribution in [-0.4, -0.2) is 70.3 Å². The van der Waals surface area contributed by atoms with E-state index in [2.05, 4.69) is 12.2 Å². The minimum absolute atomic E-state index is 0. The average Bonchev–Trinajstić information content (AvgIpc) is 3.62. The summed E-state index contributed by atoms with van der Waals surface area (Å²) in [5.41, 5.74) is -4.97. The number of alkyl halides is 12. The van der Waals surface area contributed by atoms with Crippen LogP contribution >= 0.6 is 0 Å². The lowest BCUT2D eigenvalue weighted by atomic mass is 9.83. The lowest BCUT2D eigenvalue weighted by molar-refractivity contribution is -0.367. The first-order valence-electron chi connectivity index (χ1n) is 12.5. The fourth-order valence-corrected chi connectivity index (χ4v) is 5.30. The molecule has 4 aliphatic rings. The number of carbonyl (C=O) groups is 3. The Kier molecular flexibility index (Phi) is 12.7. The number of Topliss-reactive ketones (excluding diaryl/α,β-unsaturated/α-hetero) is 3. The molecule has 0 aromatic carbocycles. The van der Waals surface area contributed by atoms with Gasteiger partial charge >= 0.3 is 40.9 Å². The first-order chi connectivity index (χ1) is 19.9. The minimum Gasteiger partial charge on any atom is -0.373 e. The molecule has 0 spiro atoms. The van der Waals surface area contributed by atoms with E-state index in [0.29, 0.717) is 24.0 Å². The van der Waals surface area contributed by atoms with Crippen molar-refractivity contribution in [2.24, 2.45) is 35.5 Å². The lowest BCUT2D eigenvalue weighted by Crippen LogP contribution is -2.58. The predicted octanol–water partition coefficient (Wildman–Crippen LogP) is 6.07. The van der Waals surface area contributed by atoms with E-state index < -0.39 is 64.6 Å². The number of rotatable bonds is 4. The van der Waals surface area contributed by atoms with Crippen molar-refractivity contribution in [1.29, 1.82) is 0 Å². The highest BCUT2D eigenvalue weighted by molar-refractivity contribution is 7.79. The van der Waals surface area contributed by atoms with E-state index in [1.54, 1.807) is 13.0 Å². The highest BCUT2D eigenvalue weighted by atomic mass is 32.3. The van der Waals surface area contributed by atoms with Crippen LogP contribution in [0.5, 0.6) is 0 Å². The second-order valence-electron chi connectivity index (χ2n) is 10.7. The summed E-state index contributed by atoms with van der Waals surface area (Å²) in [5.74, 6) is -3.90. The van der Waals surface area contributed by atoms with E-state index >= 15 is 0 Å². The van der Waals surface area contributed by atoms with E-state index in [9.17, 15) is 67.1 Å². The molecule has 0 aliphatic heterocycles. The maximum atomic E-state index is 12.5. The molecule has 0 aromatic heterocycles. The summed E-state index contributed by atoms with van der Waals surface area (Å²) in [6, 6.07) is 0. The first kappa shape index (κ1) is 40.5. The largest absolute Gasteiger partial charge is 0.459 e. The molecule has 6 atom stereocenters. The van der Waals surface area contributed by atoms with Crippen molar-refractivity contribution in [2.45, 2.75) is 69.3 Å². The van der Waals surface area contributed by atoms with Crippen LogP contribution in [0.25, 0.3) is 0 Å². The molecule has 3 N–H and O–H groups in total. The highest BCUT2D eigenvalue weighted by Crippen LogP contribution is 2.49. The summed E-state index contributed by atoms with van der Waals surface area (Å²) >= 11 is 0. The Morgan fingerprint density at radius 1 is 0.689 bits per heavy atom. The molecule has 8 nitrogen and oxygen atoms in total. The van der Waals surface area contributed by atoms with Crippen LogP contribution in [0.15, 0.2) is 24.3 Å². The second-order valence-corrected chi connectivity index (χ2v) is 11.6. The number of hydrogen-bond donors (Lipinski definition) is 3. The molecule has 0 heterocycles. The lowest BCUT2D eigenvalue weighted by Gasteiger charge is -2.33. The Balaban J connectivity index is 0.000000657. The van der Waals surface area contributed by atoms with Crippen molar-refractivity contribution in [1.82, 2.24) is 0 Å². The zero-order valence-electron chi connectivity index (χ0n) is 22.6. The summed E-state index contributed by atoms with van der Waals surface area (Å²) < 4.78 is 172. The summed E-state index contributed by atoms with van der Waals surface area (Å²) in [4.78, 5) is 32.0. The van der Waals surface area contributed by atoms with Gasteiger partial charge < -0.3 is 5.11 Å². The van der Waals surface area contributed by atoms with Crippen molar-refractivity contribution in [3.05, 3.63) is 24.3 Å². The van der Waals surface area contributed by atoms with Crippen molar-refractivity contribution in [2.75, 3.05) is 0 Å². The van der Waals surface area contributed by atoms with Crippen LogP contribution in [0.3, 0.4) is 0 Å². The van der Waals surface area contributed by atoms with Gasteiger partial charge in [0, 0.05) is 13.3 Å². The van der Waals surface area contributed by atoms with Gasteiger partial charge in [0.05, 0.1) is 6.42 Å². The van der Waals surface area contributed by atoms with Crippen LogP contribution < -0.4 is 0 Å². The number of halogens is 12. The van der Waals surface area contributed by atoms with Gasteiger partial charge in [-0.05, 0) is 56.3 Å². The normalized spacial score (nSPS) is 27.1. The van der Waals surface area contributed by atoms with Crippen LogP contribution in [0, 0.1) is 35.5 Å². The van der Waals surface area contributed by atoms with Crippen molar-refractivity contribution in [3.63, 3.8) is 0 Å². The fraction of sp³-hybridized carbons (Fsp3) is 0.708. The Morgan fingerprint density at radius 2 is 1.02 bits per heavy atom. The van der Waals surface area contributed by atoms with Crippen LogP contribution in [0.1, 0.15) is 40.5 Å². The zero-order chi connectivity index (χ0) is 35.6. The van der Waals surface area contributed by atoms with E-state index in [0.717, 1.165) is 12.3 Å². The number of aliphatic hydroxyl groups is 1. The third-order valence-corrected chi connectivity index (χ3v) is 7.38. The second kappa shape index (κ2) is 14.1.